The van der Waals surface area contributed by atoms with Crippen LogP contribution in [0, 0.1) is 16.6 Å². The summed E-state index contributed by atoms with van der Waals surface area (Å²) in [5.41, 5.74) is 0.830. The summed E-state index contributed by atoms with van der Waals surface area (Å²) in [6.07, 6.45) is 2.99. The van der Waals surface area contributed by atoms with Crippen LogP contribution >= 0.6 is 0 Å². The topological polar surface area (TPSA) is 66.5 Å². The Balaban J connectivity index is 1.62. The van der Waals surface area contributed by atoms with Crippen molar-refractivity contribution in [3.05, 3.63) is 59.9 Å². The Labute approximate surface area is 177 Å². The van der Waals surface area contributed by atoms with E-state index in [1.165, 1.54) is 12.1 Å². The third kappa shape index (κ3) is 3.95. The van der Waals surface area contributed by atoms with Gasteiger partial charge in [0.15, 0.2) is 0 Å². The number of amides is 1. The van der Waals surface area contributed by atoms with E-state index in [0.29, 0.717) is 12.1 Å². The van der Waals surface area contributed by atoms with Gasteiger partial charge in [-0.05, 0) is 66.5 Å². The van der Waals surface area contributed by atoms with Crippen molar-refractivity contribution in [1.82, 2.24) is 4.90 Å². The predicted molar refractivity (Wildman–Crippen MR) is 114 cm³/mol. The lowest BCUT2D eigenvalue weighted by molar-refractivity contribution is 0.0709. The van der Waals surface area contributed by atoms with Gasteiger partial charge in [-0.15, -0.1) is 0 Å². The van der Waals surface area contributed by atoms with Gasteiger partial charge >= 0.3 is 0 Å². The summed E-state index contributed by atoms with van der Waals surface area (Å²) in [5.74, 6) is -0.667. The molecule has 0 radical (unpaired) electrons. The molecule has 7 heteroatoms. The molecule has 0 unspecified atom stereocenters. The molecule has 160 valence electrons. The van der Waals surface area contributed by atoms with Gasteiger partial charge in [0.1, 0.15) is 5.82 Å². The molecule has 2 bridgehead atoms. The standard InChI is InChI=1S/C23H27FN2O3S/c1-22(2)12-17-13-23(3,14-22)15-26(17)21(27)19-6-4-5-7-20(19)25-30(28,29)18-10-8-16(24)9-11-18/h4-11,17,25H,12-15H2,1-3H3/t17-,23+/m1/s1. The number of carbonyl (C=O) groups is 1. The number of likely N-dealkylation sites (tertiary alicyclic amines) is 1. The third-order valence-electron chi connectivity index (χ3n) is 6.20. The van der Waals surface area contributed by atoms with Gasteiger partial charge in [-0.25, -0.2) is 12.8 Å². The second kappa shape index (κ2) is 7.08. The molecule has 1 heterocycles. The molecule has 2 aliphatic rings. The summed E-state index contributed by atoms with van der Waals surface area (Å²) in [6, 6.07) is 11.4. The molecule has 1 N–H and O–H groups in total. The Morgan fingerprint density at radius 1 is 1.07 bits per heavy atom. The number of rotatable bonds is 4. The molecule has 2 fully saturated rings. The van der Waals surface area contributed by atoms with Crippen molar-refractivity contribution >= 4 is 21.6 Å². The summed E-state index contributed by atoms with van der Waals surface area (Å²) >= 11 is 0. The second-order valence-electron chi connectivity index (χ2n) is 9.75. The smallest absolute Gasteiger partial charge is 0.261 e. The number of carbonyl (C=O) groups excluding carboxylic acids is 1. The average molecular weight is 431 g/mol. The number of anilines is 1. The van der Waals surface area contributed by atoms with Crippen LogP contribution in [-0.2, 0) is 10.0 Å². The zero-order valence-electron chi connectivity index (χ0n) is 17.5. The summed E-state index contributed by atoms with van der Waals surface area (Å²) in [7, 11) is -3.95. The number of para-hydroxylation sites is 1. The van der Waals surface area contributed by atoms with Crippen molar-refractivity contribution in [3.63, 3.8) is 0 Å². The van der Waals surface area contributed by atoms with Crippen molar-refractivity contribution in [1.29, 1.82) is 0 Å². The highest BCUT2D eigenvalue weighted by molar-refractivity contribution is 7.92. The maximum absolute atomic E-state index is 13.5. The first kappa shape index (κ1) is 20.8. The van der Waals surface area contributed by atoms with Crippen LogP contribution in [0.1, 0.15) is 50.4 Å². The fraction of sp³-hybridized carbons (Fsp3) is 0.435. The number of nitrogens with zero attached hydrogens (tertiary/aromatic N) is 1. The van der Waals surface area contributed by atoms with Gasteiger partial charge in [0.25, 0.3) is 15.9 Å². The van der Waals surface area contributed by atoms with E-state index >= 15 is 0 Å². The highest BCUT2D eigenvalue weighted by atomic mass is 32.2. The fourth-order valence-electron chi connectivity index (χ4n) is 5.43. The van der Waals surface area contributed by atoms with E-state index in [1.54, 1.807) is 24.3 Å². The van der Waals surface area contributed by atoms with Gasteiger partial charge in [0.2, 0.25) is 0 Å². The lowest BCUT2D eigenvalue weighted by atomic mass is 9.65. The number of hydrogen-bond acceptors (Lipinski definition) is 3. The van der Waals surface area contributed by atoms with E-state index in [0.717, 1.165) is 31.4 Å². The van der Waals surface area contributed by atoms with Gasteiger partial charge < -0.3 is 4.90 Å². The van der Waals surface area contributed by atoms with E-state index in [1.807, 2.05) is 4.90 Å². The number of sulfonamides is 1. The Kier molecular flexibility index (Phi) is 4.92. The number of halogens is 1. The van der Waals surface area contributed by atoms with Crippen LogP contribution in [-0.4, -0.2) is 31.8 Å². The fourth-order valence-corrected chi connectivity index (χ4v) is 6.51. The van der Waals surface area contributed by atoms with Crippen molar-refractivity contribution in [2.45, 2.75) is 51.0 Å². The van der Waals surface area contributed by atoms with Crippen LogP contribution in [0.15, 0.2) is 53.4 Å². The normalized spacial score (nSPS) is 25.2. The first-order valence-electron chi connectivity index (χ1n) is 10.2. The first-order chi connectivity index (χ1) is 14.0. The van der Waals surface area contributed by atoms with E-state index < -0.39 is 15.8 Å². The average Bonchev–Trinajstić information content (AvgIpc) is 2.90. The van der Waals surface area contributed by atoms with Crippen LogP contribution in [0.2, 0.25) is 0 Å². The van der Waals surface area contributed by atoms with Gasteiger partial charge in [0, 0.05) is 12.6 Å². The maximum Gasteiger partial charge on any atom is 0.261 e. The summed E-state index contributed by atoms with van der Waals surface area (Å²) in [4.78, 5) is 15.3. The highest BCUT2D eigenvalue weighted by Gasteiger charge is 2.51. The molecular weight excluding hydrogens is 403 g/mol. The van der Waals surface area contributed by atoms with Crippen LogP contribution in [0.5, 0.6) is 0 Å². The third-order valence-corrected chi connectivity index (χ3v) is 7.58. The Morgan fingerprint density at radius 2 is 1.73 bits per heavy atom. The molecule has 5 nitrogen and oxygen atoms in total. The maximum atomic E-state index is 13.5. The SMILES string of the molecule is CC1(C)C[C@@H]2C[C@](C)(CN2C(=O)c2ccccc2NS(=O)(=O)c2ccc(F)cc2)C1. The lowest BCUT2D eigenvalue weighted by Crippen LogP contribution is -2.38. The predicted octanol–water partition coefficient (Wildman–Crippen LogP) is 4.67. The minimum atomic E-state index is -3.95. The lowest BCUT2D eigenvalue weighted by Gasteiger charge is -2.39. The van der Waals surface area contributed by atoms with Gasteiger partial charge in [0.05, 0.1) is 16.1 Å². The minimum absolute atomic E-state index is 0.0579. The first-order valence-corrected chi connectivity index (χ1v) is 11.6. The zero-order valence-corrected chi connectivity index (χ0v) is 18.3. The minimum Gasteiger partial charge on any atom is -0.335 e. The summed E-state index contributed by atoms with van der Waals surface area (Å²) in [6.45, 7) is 7.41. The molecule has 1 amide bonds. The summed E-state index contributed by atoms with van der Waals surface area (Å²) < 4.78 is 41.2. The Hall–Kier alpha value is -2.41. The van der Waals surface area contributed by atoms with Crippen LogP contribution in [0.3, 0.4) is 0 Å². The molecule has 1 saturated carbocycles. The van der Waals surface area contributed by atoms with Crippen molar-refractivity contribution in [2.75, 3.05) is 11.3 Å². The van der Waals surface area contributed by atoms with E-state index in [4.69, 9.17) is 0 Å². The van der Waals surface area contributed by atoms with Crippen LogP contribution in [0.25, 0.3) is 0 Å². The van der Waals surface area contributed by atoms with Gasteiger partial charge in [-0.1, -0.05) is 32.9 Å². The number of hydrogen-bond donors (Lipinski definition) is 1. The van der Waals surface area contributed by atoms with Crippen LogP contribution in [0.4, 0.5) is 10.1 Å². The van der Waals surface area contributed by atoms with Crippen molar-refractivity contribution in [2.24, 2.45) is 10.8 Å². The molecule has 1 aliphatic heterocycles. The largest absolute Gasteiger partial charge is 0.335 e. The number of fused-ring (bicyclic) bond motifs is 2. The molecule has 2 atom stereocenters. The molecule has 1 aliphatic carbocycles. The monoisotopic (exact) mass is 430 g/mol. The quantitative estimate of drug-likeness (QED) is 0.767. The van der Waals surface area contributed by atoms with Gasteiger partial charge in [-0.2, -0.15) is 0 Å². The molecule has 2 aromatic carbocycles. The van der Waals surface area contributed by atoms with Gasteiger partial charge in [-0.3, -0.25) is 9.52 Å². The van der Waals surface area contributed by atoms with Crippen molar-refractivity contribution < 1.29 is 17.6 Å². The van der Waals surface area contributed by atoms with E-state index in [9.17, 15) is 17.6 Å². The molecular formula is C23H27FN2O3S. The Morgan fingerprint density at radius 3 is 2.43 bits per heavy atom. The number of benzene rings is 2. The molecule has 4 rings (SSSR count). The molecule has 30 heavy (non-hydrogen) atoms. The highest BCUT2D eigenvalue weighted by Crippen LogP contribution is 2.52. The van der Waals surface area contributed by atoms with Crippen molar-refractivity contribution in [3.8, 4) is 0 Å². The summed E-state index contributed by atoms with van der Waals surface area (Å²) in [5, 5.41) is 0. The molecule has 0 aromatic heterocycles. The Bertz CT molecular complexity index is 1080. The zero-order chi connectivity index (χ0) is 21.7. The molecule has 1 saturated heterocycles. The van der Waals surface area contributed by atoms with E-state index in [-0.39, 0.29) is 33.4 Å². The van der Waals surface area contributed by atoms with Crippen LogP contribution < -0.4 is 4.72 Å². The molecule has 0 spiro atoms. The second-order valence-corrected chi connectivity index (χ2v) is 11.4. The van der Waals surface area contributed by atoms with E-state index in [2.05, 4.69) is 25.5 Å². The molecule has 2 aromatic rings. The number of nitrogens with one attached hydrogen (secondary N) is 1.